The van der Waals surface area contributed by atoms with Crippen molar-refractivity contribution in [3.8, 4) is 0 Å². The Morgan fingerprint density at radius 3 is 2.89 bits per heavy atom. The quantitative estimate of drug-likeness (QED) is 0.780. The van der Waals surface area contributed by atoms with E-state index in [1.165, 1.54) is 18.4 Å². The van der Waals surface area contributed by atoms with Crippen LogP contribution in [-0.4, -0.2) is 42.5 Å². The van der Waals surface area contributed by atoms with Gasteiger partial charge in [0.2, 0.25) is 0 Å². The van der Waals surface area contributed by atoms with Crippen LogP contribution in [0.3, 0.4) is 0 Å². The highest BCUT2D eigenvalue weighted by molar-refractivity contribution is 5.99. The molecular formula is C16H21NO2. The minimum Gasteiger partial charge on any atom is -0.367 e. The molecule has 0 bridgehead atoms. The van der Waals surface area contributed by atoms with Crippen molar-refractivity contribution in [3.05, 3.63) is 35.4 Å². The lowest BCUT2D eigenvalue weighted by atomic mass is 10.0. The number of nitrogens with zero attached hydrogens (tertiary/aromatic N) is 1. The van der Waals surface area contributed by atoms with Crippen molar-refractivity contribution in [2.24, 2.45) is 0 Å². The normalized spacial score (nSPS) is 27.2. The van der Waals surface area contributed by atoms with Gasteiger partial charge in [-0.1, -0.05) is 31.2 Å². The summed E-state index contributed by atoms with van der Waals surface area (Å²) in [7, 11) is 0. The monoisotopic (exact) mass is 259 g/mol. The molecule has 2 unspecified atom stereocenters. The molecule has 0 spiro atoms. The third-order valence-corrected chi connectivity index (χ3v) is 4.33. The molecule has 0 amide bonds. The second-order valence-electron chi connectivity index (χ2n) is 5.53. The van der Waals surface area contributed by atoms with Gasteiger partial charge in [0.1, 0.15) is 6.10 Å². The zero-order chi connectivity index (χ0) is 13.2. The van der Waals surface area contributed by atoms with E-state index in [9.17, 15) is 4.79 Å². The molecule has 2 saturated heterocycles. The van der Waals surface area contributed by atoms with Gasteiger partial charge in [-0.05, 0) is 31.4 Å². The van der Waals surface area contributed by atoms with Crippen LogP contribution >= 0.6 is 0 Å². The predicted octanol–water partition coefficient (Wildman–Crippen LogP) is 2.29. The summed E-state index contributed by atoms with van der Waals surface area (Å²) in [6.07, 6.45) is 3.18. The van der Waals surface area contributed by atoms with Crippen LogP contribution in [0.5, 0.6) is 0 Å². The van der Waals surface area contributed by atoms with Gasteiger partial charge < -0.3 is 4.74 Å². The molecule has 0 aliphatic carbocycles. The van der Waals surface area contributed by atoms with Crippen LogP contribution in [0.2, 0.25) is 0 Å². The van der Waals surface area contributed by atoms with Crippen LogP contribution in [0.4, 0.5) is 0 Å². The minimum absolute atomic E-state index is 0.132. The Bertz CT molecular complexity index is 454. The van der Waals surface area contributed by atoms with Gasteiger partial charge in [-0.2, -0.15) is 0 Å². The Morgan fingerprint density at radius 1 is 1.37 bits per heavy atom. The van der Waals surface area contributed by atoms with E-state index in [0.717, 1.165) is 25.1 Å². The molecule has 2 atom stereocenters. The number of Topliss-reactive ketones (excluding diaryl/α,β-unsaturated/α-hetero) is 1. The maximum absolute atomic E-state index is 12.4. The Balaban J connectivity index is 1.69. The van der Waals surface area contributed by atoms with Gasteiger partial charge in [-0.15, -0.1) is 0 Å². The Morgan fingerprint density at radius 2 is 2.16 bits per heavy atom. The van der Waals surface area contributed by atoms with E-state index < -0.39 is 0 Å². The molecule has 2 fully saturated rings. The molecule has 2 aliphatic rings. The lowest BCUT2D eigenvalue weighted by Crippen LogP contribution is -2.49. The van der Waals surface area contributed by atoms with E-state index in [1.54, 1.807) is 0 Å². The van der Waals surface area contributed by atoms with Crippen LogP contribution in [-0.2, 0) is 11.2 Å². The van der Waals surface area contributed by atoms with E-state index >= 15 is 0 Å². The summed E-state index contributed by atoms with van der Waals surface area (Å²) in [6.45, 7) is 4.71. The first-order valence-corrected chi connectivity index (χ1v) is 7.26. The van der Waals surface area contributed by atoms with Crippen molar-refractivity contribution >= 4 is 5.78 Å². The standard InChI is InChI=1S/C16H21NO2/c1-2-12-5-7-13(8-6-12)16(18)15-10-17-9-3-4-14(17)11-19-15/h5-8,14-15H,2-4,9-11H2,1H3. The molecule has 3 rings (SSSR count). The van der Waals surface area contributed by atoms with Crippen LogP contribution in [0.25, 0.3) is 0 Å². The second-order valence-corrected chi connectivity index (χ2v) is 5.53. The zero-order valence-corrected chi connectivity index (χ0v) is 11.5. The summed E-state index contributed by atoms with van der Waals surface area (Å²) in [6, 6.07) is 8.48. The van der Waals surface area contributed by atoms with Gasteiger partial charge >= 0.3 is 0 Å². The maximum Gasteiger partial charge on any atom is 0.192 e. The summed E-state index contributed by atoms with van der Waals surface area (Å²) in [5.74, 6) is 0.132. The Kier molecular flexibility index (Phi) is 3.67. The predicted molar refractivity (Wildman–Crippen MR) is 74.5 cm³/mol. The molecule has 19 heavy (non-hydrogen) atoms. The molecule has 0 saturated carbocycles. The molecule has 1 aromatic rings. The van der Waals surface area contributed by atoms with Crippen molar-refractivity contribution in [1.29, 1.82) is 0 Å². The summed E-state index contributed by atoms with van der Waals surface area (Å²) < 4.78 is 5.77. The number of ether oxygens (including phenoxy) is 1. The lowest BCUT2D eigenvalue weighted by molar-refractivity contribution is -0.0344. The third-order valence-electron chi connectivity index (χ3n) is 4.33. The SMILES string of the molecule is CCc1ccc(C(=O)C2CN3CCCC3CO2)cc1. The van der Waals surface area contributed by atoms with Crippen LogP contribution in [0.15, 0.2) is 24.3 Å². The molecule has 0 N–H and O–H groups in total. The number of aryl methyl sites for hydroxylation is 1. The smallest absolute Gasteiger partial charge is 0.192 e. The fourth-order valence-corrected chi connectivity index (χ4v) is 3.07. The first kappa shape index (κ1) is 12.8. The van der Waals surface area contributed by atoms with E-state index in [0.29, 0.717) is 12.6 Å². The van der Waals surface area contributed by atoms with Crippen molar-refractivity contribution in [2.75, 3.05) is 19.7 Å². The number of carbonyl (C=O) groups is 1. The first-order valence-electron chi connectivity index (χ1n) is 7.26. The van der Waals surface area contributed by atoms with Gasteiger partial charge in [0, 0.05) is 18.2 Å². The molecule has 0 radical (unpaired) electrons. The number of morpholine rings is 1. The topological polar surface area (TPSA) is 29.5 Å². The van der Waals surface area contributed by atoms with Crippen LogP contribution < -0.4 is 0 Å². The number of hydrogen-bond acceptors (Lipinski definition) is 3. The van der Waals surface area contributed by atoms with Crippen molar-refractivity contribution in [3.63, 3.8) is 0 Å². The van der Waals surface area contributed by atoms with Gasteiger partial charge in [0.05, 0.1) is 6.61 Å². The summed E-state index contributed by atoms with van der Waals surface area (Å²) in [5, 5.41) is 0. The number of rotatable bonds is 3. The Hall–Kier alpha value is -1.19. The fourth-order valence-electron chi connectivity index (χ4n) is 3.07. The van der Waals surface area contributed by atoms with Gasteiger partial charge in [-0.25, -0.2) is 0 Å². The zero-order valence-electron chi connectivity index (χ0n) is 11.5. The molecule has 1 aromatic carbocycles. The average molecular weight is 259 g/mol. The van der Waals surface area contributed by atoms with E-state index in [1.807, 2.05) is 24.3 Å². The van der Waals surface area contributed by atoms with Gasteiger partial charge in [0.25, 0.3) is 0 Å². The van der Waals surface area contributed by atoms with Crippen molar-refractivity contribution in [1.82, 2.24) is 4.90 Å². The molecule has 2 aliphatic heterocycles. The van der Waals surface area contributed by atoms with Crippen molar-refractivity contribution < 1.29 is 9.53 Å². The second kappa shape index (κ2) is 5.43. The van der Waals surface area contributed by atoms with Crippen LogP contribution in [0.1, 0.15) is 35.7 Å². The molecule has 0 aromatic heterocycles. The molecule has 3 heteroatoms. The highest BCUT2D eigenvalue weighted by Crippen LogP contribution is 2.24. The molecular weight excluding hydrogens is 238 g/mol. The van der Waals surface area contributed by atoms with E-state index in [4.69, 9.17) is 4.74 Å². The van der Waals surface area contributed by atoms with Gasteiger partial charge in [0.15, 0.2) is 5.78 Å². The van der Waals surface area contributed by atoms with E-state index in [2.05, 4.69) is 11.8 Å². The highest BCUT2D eigenvalue weighted by Gasteiger charge is 2.35. The summed E-state index contributed by atoms with van der Waals surface area (Å²) >= 11 is 0. The molecule has 102 valence electrons. The van der Waals surface area contributed by atoms with E-state index in [-0.39, 0.29) is 11.9 Å². The fraction of sp³-hybridized carbons (Fsp3) is 0.562. The lowest BCUT2D eigenvalue weighted by Gasteiger charge is -2.34. The average Bonchev–Trinajstić information content (AvgIpc) is 2.94. The first-order chi connectivity index (χ1) is 9.28. The van der Waals surface area contributed by atoms with Crippen molar-refractivity contribution in [2.45, 2.75) is 38.3 Å². The molecule has 3 nitrogen and oxygen atoms in total. The highest BCUT2D eigenvalue weighted by atomic mass is 16.5. The number of benzene rings is 1. The minimum atomic E-state index is -0.276. The number of carbonyl (C=O) groups excluding carboxylic acids is 1. The number of ketones is 1. The molecule has 2 heterocycles. The Labute approximate surface area is 114 Å². The third kappa shape index (κ3) is 2.58. The summed E-state index contributed by atoms with van der Waals surface area (Å²) in [5.41, 5.74) is 2.04. The number of fused-ring (bicyclic) bond motifs is 1. The maximum atomic E-state index is 12.4. The van der Waals surface area contributed by atoms with Gasteiger partial charge in [-0.3, -0.25) is 9.69 Å². The van der Waals surface area contributed by atoms with Crippen LogP contribution in [0, 0.1) is 0 Å². The number of hydrogen-bond donors (Lipinski definition) is 0. The summed E-state index contributed by atoms with van der Waals surface area (Å²) in [4.78, 5) is 14.8. The largest absolute Gasteiger partial charge is 0.367 e.